The molecule has 2 aromatic carbocycles. The monoisotopic (exact) mass is 284 g/mol. The molecular weight excluding hydrogens is 264 g/mol. The van der Waals surface area contributed by atoms with E-state index in [1.807, 2.05) is 30.3 Å². The summed E-state index contributed by atoms with van der Waals surface area (Å²) in [6, 6.07) is 17.7. The Balaban J connectivity index is 1.88. The molecule has 2 rings (SSSR count). The number of ether oxygens (including phenoxy) is 1. The minimum Gasteiger partial charge on any atom is -0.462 e. The number of carbonyl (C=O) groups excluding carboxylic acids is 1. The number of aliphatic hydroxyl groups is 1. The van der Waals surface area contributed by atoms with Gasteiger partial charge in [0.05, 0.1) is 12.2 Å². The molecule has 0 saturated carbocycles. The summed E-state index contributed by atoms with van der Waals surface area (Å²) in [6.07, 6.45) is 2.20. The van der Waals surface area contributed by atoms with Crippen LogP contribution in [0.4, 0.5) is 0 Å². The third-order valence-electron chi connectivity index (χ3n) is 3.23. The first-order chi connectivity index (χ1) is 10.3. The van der Waals surface area contributed by atoms with Crippen LogP contribution in [0.2, 0.25) is 0 Å². The molecule has 0 aliphatic heterocycles. The molecule has 0 aromatic heterocycles. The van der Waals surface area contributed by atoms with E-state index in [1.54, 1.807) is 12.1 Å². The van der Waals surface area contributed by atoms with Crippen molar-refractivity contribution in [2.75, 3.05) is 13.2 Å². The SMILES string of the molecule is O=C(OCCCCO)c1ccc(Cc2ccccc2)cc1. The molecule has 0 unspecified atom stereocenters. The maximum atomic E-state index is 11.8. The van der Waals surface area contributed by atoms with Crippen molar-refractivity contribution in [1.29, 1.82) is 0 Å². The molecular formula is C18H20O3. The van der Waals surface area contributed by atoms with Gasteiger partial charge in [-0.2, -0.15) is 0 Å². The largest absolute Gasteiger partial charge is 0.462 e. The van der Waals surface area contributed by atoms with E-state index in [4.69, 9.17) is 9.84 Å². The van der Waals surface area contributed by atoms with Crippen molar-refractivity contribution < 1.29 is 14.6 Å². The number of hydrogen-bond acceptors (Lipinski definition) is 3. The third kappa shape index (κ3) is 5.04. The van der Waals surface area contributed by atoms with E-state index in [9.17, 15) is 4.79 Å². The zero-order chi connectivity index (χ0) is 14.9. The van der Waals surface area contributed by atoms with E-state index in [0.29, 0.717) is 25.0 Å². The first-order valence-corrected chi connectivity index (χ1v) is 7.20. The van der Waals surface area contributed by atoms with E-state index in [-0.39, 0.29) is 12.6 Å². The van der Waals surface area contributed by atoms with Crippen LogP contribution in [0.1, 0.15) is 34.3 Å². The molecule has 0 saturated heterocycles. The van der Waals surface area contributed by atoms with Gasteiger partial charge in [-0.3, -0.25) is 0 Å². The molecule has 3 nitrogen and oxygen atoms in total. The van der Waals surface area contributed by atoms with Crippen LogP contribution in [0.5, 0.6) is 0 Å². The first kappa shape index (κ1) is 15.3. The van der Waals surface area contributed by atoms with Crippen LogP contribution in [-0.2, 0) is 11.2 Å². The fraction of sp³-hybridized carbons (Fsp3) is 0.278. The lowest BCUT2D eigenvalue weighted by Gasteiger charge is -2.06. The quantitative estimate of drug-likeness (QED) is 0.627. The number of carbonyl (C=O) groups is 1. The number of aliphatic hydroxyl groups excluding tert-OH is 1. The second-order valence-corrected chi connectivity index (χ2v) is 4.93. The lowest BCUT2D eigenvalue weighted by atomic mass is 10.0. The molecule has 0 heterocycles. The normalized spacial score (nSPS) is 10.3. The summed E-state index contributed by atoms with van der Waals surface area (Å²) < 4.78 is 5.14. The Bertz CT molecular complexity index is 546. The number of unbranched alkanes of at least 4 members (excludes halogenated alkanes) is 1. The lowest BCUT2D eigenvalue weighted by Crippen LogP contribution is -2.07. The Morgan fingerprint density at radius 2 is 1.57 bits per heavy atom. The molecule has 0 fully saturated rings. The summed E-state index contributed by atoms with van der Waals surface area (Å²) in [5, 5.41) is 8.66. The summed E-state index contributed by atoms with van der Waals surface area (Å²) in [6.45, 7) is 0.483. The van der Waals surface area contributed by atoms with Crippen molar-refractivity contribution in [3.05, 3.63) is 71.3 Å². The van der Waals surface area contributed by atoms with Crippen LogP contribution >= 0.6 is 0 Å². The fourth-order valence-corrected chi connectivity index (χ4v) is 2.05. The van der Waals surface area contributed by atoms with Gasteiger partial charge in [-0.25, -0.2) is 4.79 Å². The van der Waals surface area contributed by atoms with Crippen LogP contribution in [0.15, 0.2) is 54.6 Å². The molecule has 0 atom stereocenters. The van der Waals surface area contributed by atoms with Crippen LogP contribution in [0, 0.1) is 0 Å². The van der Waals surface area contributed by atoms with E-state index in [0.717, 1.165) is 12.0 Å². The van der Waals surface area contributed by atoms with Crippen molar-refractivity contribution in [2.24, 2.45) is 0 Å². The predicted molar refractivity (Wildman–Crippen MR) is 82.3 cm³/mol. The van der Waals surface area contributed by atoms with Crippen molar-refractivity contribution >= 4 is 5.97 Å². The zero-order valence-corrected chi connectivity index (χ0v) is 12.0. The van der Waals surface area contributed by atoms with E-state index >= 15 is 0 Å². The predicted octanol–water partition coefficient (Wildman–Crippen LogP) is 3.21. The maximum Gasteiger partial charge on any atom is 0.338 e. The number of rotatable bonds is 7. The highest BCUT2D eigenvalue weighted by Gasteiger charge is 2.06. The van der Waals surface area contributed by atoms with Crippen LogP contribution in [0.25, 0.3) is 0 Å². The highest BCUT2D eigenvalue weighted by Crippen LogP contribution is 2.11. The van der Waals surface area contributed by atoms with Crippen molar-refractivity contribution in [1.82, 2.24) is 0 Å². The first-order valence-electron chi connectivity index (χ1n) is 7.20. The van der Waals surface area contributed by atoms with E-state index < -0.39 is 0 Å². The minimum absolute atomic E-state index is 0.131. The molecule has 3 heteroatoms. The molecule has 2 aromatic rings. The van der Waals surface area contributed by atoms with E-state index in [1.165, 1.54) is 5.56 Å². The van der Waals surface area contributed by atoms with Gasteiger partial charge in [0.15, 0.2) is 0 Å². The molecule has 0 bridgehead atoms. The molecule has 0 aliphatic carbocycles. The minimum atomic E-state index is -0.306. The zero-order valence-electron chi connectivity index (χ0n) is 12.0. The van der Waals surface area contributed by atoms with Gasteiger partial charge in [0, 0.05) is 6.61 Å². The highest BCUT2D eigenvalue weighted by atomic mass is 16.5. The average molecular weight is 284 g/mol. The summed E-state index contributed by atoms with van der Waals surface area (Å²) in [7, 11) is 0. The Morgan fingerprint density at radius 1 is 0.905 bits per heavy atom. The van der Waals surface area contributed by atoms with Gasteiger partial charge in [0.25, 0.3) is 0 Å². The fourth-order valence-electron chi connectivity index (χ4n) is 2.05. The van der Waals surface area contributed by atoms with E-state index in [2.05, 4.69) is 12.1 Å². The third-order valence-corrected chi connectivity index (χ3v) is 3.23. The number of esters is 1. The molecule has 1 N–H and O–H groups in total. The summed E-state index contributed by atoms with van der Waals surface area (Å²) in [5.74, 6) is -0.306. The Kier molecular flexibility index (Phi) is 5.98. The Morgan fingerprint density at radius 3 is 2.24 bits per heavy atom. The van der Waals surface area contributed by atoms with Crippen LogP contribution < -0.4 is 0 Å². The van der Waals surface area contributed by atoms with Gasteiger partial charge in [-0.05, 0) is 42.5 Å². The van der Waals surface area contributed by atoms with Crippen molar-refractivity contribution in [2.45, 2.75) is 19.3 Å². The molecule has 0 radical (unpaired) electrons. The van der Waals surface area contributed by atoms with Gasteiger partial charge >= 0.3 is 5.97 Å². The average Bonchev–Trinajstić information content (AvgIpc) is 2.53. The maximum absolute atomic E-state index is 11.8. The Labute approximate surface area is 125 Å². The summed E-state index contributed by atoms with van der Waals surface area (Å²) >= 11 is 0. The van der Waals surface area contributed by atoms with Gasteiger partial charge in [-0.1, -0.05) is 42.5 Å². The smallest absolute Gasteiger partial charge is 0.338 e. The second-order valence-electron chi connectivity index (χ2n) is 4.93. The highest BCUT2D eigenvalue weighted by molar-refractivity contribution is 5.89. The van der Waals surface area contributed by atoms with Gasteiger partial charge in [-0.15, -0.1) is 0 Å². The molecule has 0 spiro atoms. The summed E-state index contributed by atoms with van der Waals surface area (Å²) in [4.78, 5) is 11.8. The number of hydrogen-bond donors (Lipinski definition) is 1. The van der Waals surface area contributed by atoms with Crippen molar-refractivity contribution in [3.63, 3.8) is 0 Å². The van der Waals surface area contributed by atoms with Crippen molar-refractivity contribution in [3.8, 4) is 0 Å². The lowest BCUT2D eigenvalue weighted by molar-refractivity contribution is 0.0492. The van der Waals surface area contributed by atoms with Gasteiger partial charge < -0.3 is 9.84 Å². The van der Waals surface area contributed by atoms with Crippen LogP contribution in [0.3, 0.4) is 0 Å². The standard InChI is InChI=1S/C18H20O3/c19-12-4-5-13-21-18(20)17-10-8-16(9-11-17)14-15-6-2-1-3-7-15/h1-3,6-11,19H,4-5,12-14H2. The second kappa shape index (κ2) is 8.22. The van der Waals surface area contributed by atoms with Gasteiger partial charge in [0.1, 0.15) is 0 Å². The van der Waals surface area contributed by atoms with Gasteiger partial charge in [0.2, 0.25) is 0 Å². The molecule has 110 valence electrons. The topological polar surface area (TPSA) is 46.5 Å². The number of benzene rings is 2. The molecule has 0 aliphatic rings. The molecule has 21 heavy (non-hydrogen) atoms. The van der Waals surface area contributed by atoms with Crippen LogP contribution in [-0.4, -0.2) is 24.3 Å². The molecule has 0 amide bonds. The Hall–Kier alpha value is -2.13. The summed E-state index contributed by atoms with van der Waals surface area (Å²) in [5.41, 5.74) is 2.98.